The lowest BCUT2D eigenvalue weighted by Gasteiger charge is -2.10. The van der Waals surface area contributed by atoms with Gasteiger partial charge < -0.3 is 9.14 Å². The smallest absolute Gasteiger partial charge is 0.196 e. The Morgan fingerprint density at radius 1 is 1.00 bits per heavy atom. The van der Waals surface area contributed by atoms with Crippen molar-refractivity contribution in [3.63, 3.8) is 0 Å². The van der Waals surface area contributed by atoms with Crippen molar-refractivity contribution in [2.24, 2.45) is 0 Å². The number of imidazole rings is 1. The maximum Gasteiger partial charge on any atom is 0.196 e. The Morgan fingerprint density at radius 3 is 2.55 bits per heavy atom. The van der Waals surface area contributed by atoms with Crippen molar-refractivity contribution in [2.75, 3.05) is 7.11 Å². The van der Waals surface area contributed by atoms with Crippen LogP contribution in [0.2, 0.25) is 0 Å². The van der Waals surface area contributed by atoms with Crippen molar-refractivity contribution in [3.05, 3.63) is 84.6 Å². The second-order valence-corrected chi connectivity index (χ2v) is 7.96. The van der Waals surface area contributed by atoms with Crippen LogP contribution in [0, 0.1) is 6.92 Å². The van der Waals surface area contributed by atoms with Crippen LogP contribution in [-0.4, -0.2) is 36.2 Å². The molecule has 1 aromatic carbocycles. The number of nitrogens with zero attached hydrogens (tertiary/aromatic N) is 6. The Morgan fingerprint density at radius 2 is 1.81 bits per heavy atom. The van der Waals surface area contributed by atoms with Gasteiger partial charge in [0.1, 0.15) is 11.4 Å². The maximum absolute atomic E-state index is 5.31. The number of benzene rings is 1. The molecule has 0 fully saturated rings. The Hall–Kier alpha value is -3.65. The van der Waals surface area contributed by atoms with Crippen LogP contribution in [0.15, 0.2) is 78.5 Å². The van der Waals surface area contributed by atoms with Crippen LogP contribution >= 0.6 is 11.8 Å². The van der Waals surface area contributed by atoms with Crippen LogP contribution in [0.4, 0.5) is 0 Å². The summed E-state index contributed by atoms with van der Waals surface area (Å²) in [6.45, 7) is 2.07. The number of ether oxygens (including phenoxy) is 1. The van der Waals surface area contributed by atoms with Crippen molar-refractivity contribution in [1.82, 2.24) is 29.1 Å². The van der Waals surface area contributed by atoms with E-state index in [2.05, 4.69) is 43.3 Å². The molecule has 0 bridgehead atoms. The zero-order chi connectivity index (χ0) is 21.2. The van der Waals surface area contributed by atoms with Gasteiger partial charge in [-0.3, -0.25) is 9.55 Å². The average Bonchev–Trinajstić information content (AvgIpc) is 3.43. The molecule has 0 unspecified atom stereocenters. The van der Waals surface area contributed by atoms with Gasteiger partial charge in [-0.15, -0.1) is 10.2 Å². The van der Waals surface area contributed by atoms with Crippen LogP contribution in [0.1, 0.15) is 11.3 Å². The maximum atomic E-state index is 5.31. The highest BCUT2D eigenvalue weighted by Crippen LogP contribution is 2.30. The number of thioether (sulfide) groups is 1. The molecule has 0 aliphatic heterocycles. The first-order valence-electron chi connectivity index (χ1n) is 9.79. The molecular formula is C23H20N6OS. The van der Waals surface area contributed by atoms with E-state index in [1.54, 1.807) is 31.3 Å². The van der Waals surface area contributed by atoms with Crippen molar-refractivity contribution in [3.8, 4) is 22.8 Å². The largest absolute Gasteiger partial charge is 0.497 e. The Kier molecular flexibility index (Phi) is 5.13. The van der Waals surface area contributed by atoms with Gasteiger partial charge in [-0.25, -0.2) is 4.98 Å². The Balaban J connectivity index is 1.51. The third-order valence-corrected chi connectivity index (χ3v) is 5.94. The number of fused-ring (bicyclic) bond motifs is 1. The molecule has 31 heavy (non-hydrogen) atoms. The van der Waals surface area contributed by atoms with Crippen LogP contribution in [0.25, 0.3) is 22.7 Å². The number of aromatic nitrogens is 6. The molecule has 154 valence electrons. The highest BCUT2D eigenvalue weighted by atomic mass is 32.2. The molecule has 4 aromatic heterocycles. The standard InChI is InChI=1S/C23H20N6OS/c1-16-4-3-13-28-14-18(25-21(16)28)15-31-23-27-26-22(17-9-11-24-12-10-17)29(23)19-5-7-20(30-2)8-6-19/h3-14H,15H2,1-2H3. The van der Waals surface area contributed by atoms with Crippen molar-refractivity contribution < 1.29 is 4.74 Å². The number of hydrogen-bond acceptors (Lipinski definition) is 6. The summed E-state index contributed by atoms with van der Waals surface area (Å²) in [5.41, 5.74) is 5.04. The van der Waals surface area contributed by atoms with E-state index in [1.165, 1.54) is 0 Å². The fourth-order valence-corrected chi connectivity index (χ4v) is 4.26. The molecule has 0 spiro atoms. The number of pyridine rings is 2. The first-order valence-corrected chi connectivity index (χ1v) is 10.8. The van der Waals surface area contributed by atoms with E-state index in [0.717, 1.165) is 44.9 Å². The third kappa shape index (κ3) is 3.77. The second-order valence-electron chi connectivity index (χ2n) is 7.02. The molecular weight excluding hydrogens is 408 g/mol. The lowest BCUT2D eigenvalue weighted by molar-refractivity contribution is 0.414. The van der Waals surface area contributed by atoms with Gasteiger partial charge in [0, 0.05) is 41.8 Å². The molecule has 0 saturated heterocycles. The zero-order valence-electron chi connectivity index (χ0n) is 17.1. The number of methoxy groups -OCH3 is 1. The molecule has 0 aliphatic carbocycles. The van der Waals surface area contributed by atoms with Gasteiger partial charge in [-0.05, 0) is 55.0 Å². The molecule has 5 rings (SSSR count). The summed E-state index contributed by atoms with van der Waals surface area (Å²) in [5.74, 6) is 2.25. The van der Waals surface area contributed by atoms with Gasteiger partial charge >= 0.3 is 0 Å². The van der Waals surface area contributed by atoms with Gasteiger partial charge in [0.2, 0.25) is 0 Å². The summed E-state index contributed by atoms with van der Waals surface area (Å²) in [5, 5.41) is 9.77. The summed E-state index contributed by atoms with van der Waals surface area (Å²) in [6.07, 6.45) is 7.60. The van der Waals surface area contributed by atoms with E-state index >= 15 is 0 Å². The van der Waals surface area contributed by atoms with Crippen LogP contribution < -0.4 is 4.74 Å². The fraction of sp³-hybridized carbons (Fsp3) is 0.130. The van der Waals surface area contributed by atoms with E-state index in [4.69, 9.17) is 9.72 Å². The fourth-order valence-electron chi connectivity index (χ4n) is 3.43. The summed E-state index contributed by atoms with van der Waals surface area (Å²) in [6, 6.07) is 15.8. The second kappa shape index (κ2) is 8.23. The van der Waals surface area contributed by atoms with Crippen molar-refractivity contribution in [1.29, 1.82) is 0 Å². The van der Waals surface area contributed by atoms with E-state index < -0.39 is 0 Å². The monoisotopic (exact) mass is 428 g/mol. The van der Waals surface area contributed by atoms with Crippen LogP contribution in [0.5, 0.6) is 5.75 Å². The number of hydrogen-bond donors (Lipinski definition) is 0. The van der Waals surface area contributed by atoms with Gasteiger partial charge in [0.25, 0.3) is 0 Å². The predicted octanol–water partition coefficient (Wildman–Crippen LogP) is 4.59. The van der Waals surface area contributed by atoms with E-state index in [9.17, 15) is 0 Å². The Labute approximate surface area is 183 Å². The minimum absolute atomic E-state index is 0.686. The van der Waals surface area contributed by atoms with E-state index in [-0.39, 0.29) is 0 Å². The average molecular weight is 429 g/mol. The SMILES string of the molecule is COc1ccc(-n2c(SCc3cn4cccc(C)c4n3)nnc2-c2ccncc2)cc1. The number of aryl methyl sites for hydroxylation is 1. The molecule has 0 saturated carbocycles. The van der Waals surface area contributed by atoms with Crippen molar-refractivity contribution >= 4 is 17.4 Å². The van der Waals surface area contributed by atoms with Gasteiger partial charge in [-0.2, -0.15) is 0 Å². The molecule has 0 atom stereocenters. The summed E-state index contributed by atoms with van der Waals surface area (Å²) < 4.78 is 9.42. The van der Waals surface area contributed by atoms with E-state index in [0.29, 0.717) is 5.75 Å². The molecule has 0 aliphatic rings. The lowest BCUT2D eigenvalue weighted by Crippen LogP contribution is -2.00. The molecule has 5 aromatic rings. The highest BCUT2D eigenvalue weighted by Gasteiger charge is 2.17. The topological polar surface area (TPSA) is 70.1 Å². The number of rotatable bonds is 6. The van der Waals surface area contributed by atoms with Gasteiger partial charge in [0.15, 0.2) is 11.0 Å². The Bertz CT molecular complexity index is 1330. The molecule has 4 heterocycles. The van der Waals surface area contributed by atoms with Crippen molar-refractivity contribution in [2.45, 2.75) is 17.8 Å². The molecule has 8 heteroatoms. The third-order valence-electron chi connectivity index (χ3n) is 4.98. The highest BCUT2D eigenvalue weighted by molar-refractivity contribution is 7.98. The summed E-state index contributed by atoms with van der Waals surface area (Å²) >= 11 is 1.61. The zero-order valence-corrected chi connectivity index (χ0v) is 18.0. The van der Waals surface area contributed by atoms with E-state index in [1.807, 2.05) is 48.7 Å². The summed E-state index contributed by atoms with van der Waals surface area (Å²) in [7, 11) is 1.66. The first-order chi connectivity index (χ1) is 15.2. The van der Waals surface area contributed by atoms with Gasteiger partial charge in [-0.1, -0.05) is 17.8 Å². The lowest BCUT2D eigenvalue weighted by atomic mass is 10.2. The molecule has 0 radical (unpaired) electrons. The molecule has 0 amide bonds. The van der Waals surface area contributed by atoms with Gasteiger partial charge in [0.05, 0.1) is 12.8 Å². The summed E-state index contributed by atoms with van der Waals surface area (Å²) in [4.78, 5) is 8.89. The molecule has 7 nitrogen and oxygen atoms in total. The van der Waals surface area contributed by atoms with Crippen LogP contribution in [-0.2, 0) is 5.75 Å². The predicted molar refractivity (Wildman–Crippen MR) is 121 cm³/mol. The molecule has 0 N–H and O–H groups in total. The first kappa shape index (κ1) is 19.3. The minimum atomic E-state index is 0.686. The van der Waals surface area contributed by atoms with Crippen LogP contribution in [0.3, 0.4) is 0 Å². The quantitative estimate of drug-likeness (QED) is 0.369. The normalized spacial score (nSPS) is 11.2. The minimum Gasteiger partial charge on any atom is -0.497 e.